The van der Waals surface area contributed by atoms with Gasteiger partial charge in [0.05, 0.1) is 5.69 Å². The molecule has 9 aromatic carbocycles. The van der Waals surface area contributed by atoms with Gasteiger partial charge in [0.1, 0.15) is 0 Å². The van der Waals surface area contributed by atoms with Gasteiger partial charge >= 0.3 is 0 Å². The van der Waals surface area contributed by atoms with Crippen LogP contribution in [0.4, 0.5) is 17.1 Å². The van der Waals surface area contributed by atoms with Gasteiger partial charge in [-0.25, -0.2) is 0 Å². The van der Waals surface area contributed by atoms with Gasteiger partial charge in [-0.3, -0.25) is 0 Å². The molecule has 0 aliphatic heterocycles. The molecule has 260 valence electrons. The highest BCUT2D eigenvalue weighted by atomic mass is 32.1. The number of fused-ring (bicyclic) bond motifs is 9. The van der Waals surface area contributed by atoms with Gasteiger partial charge in [-0.05, 0) is 103 Å². The topological polar surface area (TPSA) is 3.24 Å². The van der Waals surface area contributed by atoms with Crippen LogP contribution >= 0.6 is 11.3 Å². The zero-order valence-electron chi connectivity index (χ0n) is 30.8. The second kappa shape index (κ2) is 12.3. The van der Waals surface area contributed by atoms with Crippen LogP contribution in [0.15, 0.2) is 188 Å². The molecule has 10 aromatic rings. The lowest BCUT2D eigenvalue weighted by Crippen LogP contribution is -2.16. The zero-order valence-corrected chi connectivity index (χ0v) is 31.6. The lowest BCUT2D eigenvalue weighted by Gasteiger charge is -2.29. The van der Waals surface area contributed by atoms with Gasteiger partial charge in [0, 0.05) is 48.1 Å². The number of hydrogen-bond acceptors (Lipinski definition) is 2. The molecule has 11 rings (SSSR count). The van der Waals surface area contributed by atoms with Gasteiger partial charge in [-0.15, -0.1) is 11.3 Å². The summed E-state index contributed by atoms with van der Waals surface area (Å²) in [5, 5.41) is 7.78. The van der Waals surface area contributed by atoms with Gasteiger partial charge in [-0.2, -0.15) is 0 Å². The first kappa shape index (κ1) is 32.0. The van der Waals surface area contributed by atoms with Crippen LogP contribution in [-0.4, -0.2) is 0 Å². The van der Waals surface area contributed by atoms with Crippen LogP contribution in [-0.2, 0) is 5.41 Å². The molecular weight excluding hydrogens is 683 g/mol. The molecule has 0 saturated carbocycles. The fourth-order valence-corrected chi connectivity index (χ4v) is 10.4. The van der Waals surface area contributed by atoms with Crippen LogP contribution in [0.25, 0.3) is 75.1 Å². The van der Waals surface area contributed by atoms with E-state index in [-0.39, 0.29) is 5.41 Å². The smallest absolute Gasteiger partial charge is 0.0543 e. The average molecular weight is 720 g/mol. The highest BCUT2D eigenvalue weighted by Gasteiger charge is 2.37. The molecule has 0 atom stereocenters. The molecule has 0 radical (unpaired) electrons. The van der Waals surface area contributed by atoms with E-state index < -0.39 is 0 Å². The van der Waals surface area contributed by atoms with Crippen LogP contribution in [0.2, 0.25) is 0 Å². The van der Waals surface area contributed by atoms with E-state index in [2.05, 4.69) is 207 Å². The fourth-order valence-electron chi connectivity index (χ4n) is 9.10. The van der Waals surface area contributed by atoms with Crippen molar-refractivity contribution in [3.8, 4) is 33.4 Å². The number of nitrogens with zero attached hydrogens (tertiary/aromatic N) is 1. The lowest BCUT2D eigenvalue weighted by molar-refractivity contribution is 0.660. The van der Waals surface area contributed by atoms with Crippen molar-refractivity contribution >= 4 is 70.1 Å². The van der Waals surface area contributed by atoms with Gasteiger partial charge < -0.3 is 4.90 Å². The van der Waals surface area contributed by atoms with Crippen LogP contribution < -0.4 is 4.90 Å². The predicted octanol–water partition coefficient (Wildman–Crippen LogP) is 15.5. The summed E-state index contributed by atoms with van der Waals surface area (Å²) in [6, 6.07) is 69.6. The van der Waals surface area contributed by atoms with Gasteiger partial charge in [0.15, 0.2) is 0 Å². The largest absolute Gasteiger partial charge is 0.310 e. The van der Waals surface area contributed by atoms with Crippen LogP contribution in [0.5, 0.6) is 0 Å². The van der Waals surface area contributed by atoms with Crippen molar-refractivity contribution in [2.45, 2.75) is 19.3 Å². The van der Waals surface area contributed by atoms with Gasteiger partial charge in [0.2, 0.25) is 0 Å². The Labute approximate surface area is 325 Å². The maximum absolute atomic E-state index is 2.46. The first-order chi connectivity index (χ1) is 27.0. The van der Waals surface area contributed by atoms with Crippen molar-refractivity contribution < 1.29 is 0 Å². The highest BCUT2D eigenvalue weighted by Crippen LogP contribution is 2.54. The quantitative estimate of drug-likeness (QED) is 0.171. The zero-order chi connectivity index (χ0) is 36.7. The van der Waals surface area contributed by atoms with E-state index in [1.165, 1.54) is 91.9 Å². The maximum atomic E-state index is 2.46. The Morgan fingerprint density at radius 3 is 1.85 bits per heavy atom. The molecule has 0 N–H and O–H groups in total. The van der Waals surface area contributed by atoms with Crippen molar-refractivity contribution in [3.63, 3.8) is 0 Å². The summed E-state index contributed by atoms with van der Waals surface area (Å²) < 4.78 is 2.67. The molecule has 1 heterocycles. The monoisotopic (exact) mass is 719 g/mol. The Kier molecular flexibility index (Phi) is 7.14. The Morgan fingerprint density at radius 1 is 0.436 bits per heavy atom. The Hall–Kier alpha value is -6.48. The minimum absolute atomic E-state index is 0.0941. The molecular formula is C53H37NS. The fraction of sp³-hybridized carbons (Fsp3) is 0.0566. The number of rotatable bonds is 5. The Morgan fingerprint density at radius 2 is 1.05 bits per heavy atom. The summed E-state index contributed by atoms with van der Waals surface area (Å²) >= 11 is 1.90. The highest BCUT2D eigenvalue weighted by molar-refractivity contribution is 7.26. The first-order valence-corrected chi connectivity index (χ1v) is 19.9. The number of thiophene rings is 1. The van der Waals surface area contributed by atoms with Gasteiger partial charge in [-0.1, -0.05) is 153 Å². The predicted molar refractivity (Wildman–Crippen MR) is 237 cm³/mol. The molecule has 1 aromatic heterocycles. The van der Waals surface area contributed by atoms with Crippen molar-refractivity contribution in [1.82, 2.24) is 0 Å². The summed E-state index contributed by atoms with van der Waals surface area (Å²) in [5.74, 6) is 0. The summed E-state index contributed by atoms with van der Waals surface area (Å²) in [6.07, 6.45) is 0. The summed E-state index contributed by atoms with van der Waals surface area (Å²) in [6.45, 7) is 4.72. The van der Waals surface area contributed by atoms with E-state index in [1.54, 1.807) is 0 Å². The van der Waals surface area contributed by atoms with Crippen molar-refractivity contribution in [2.24, 2.45) is 0 Å². The minimum Gasteiger partial charge on any atom is -0.310 e. The van der Waals surface area contributed by atoms with E-state index >= 15 is 0 Å². The van der Waals surface area contributed by atoms with Crippen molar-refractivity contribution in [2.75, 3.05) is 4.90 Å². The van der Waals surface area contributed by atoms with Gasteiger partial charge in [0.25, 0.3) is 0 Å². The Bertz CT molecular complexity index is 3110. The molecule has 0 spiro atoms. The minimum atomic E-state index is -0.0941. The number of benzene rings is 9. The summed E-state index contributed by atoms with van der Waals surface area (Å²) in [5.41, 5.74) is 13.7. The van der Waals surface area contributed by atoms with Crippen LogP contribution in [0, 0.1) is 0 Å². The third-order valence-electron chi connectivity index (χ3n) is 11.8. The first-order valence-electron chi connectivity index (χ1n) is 19.1. The molecule has 55 heavy (non-hydrogen) atoms. The van der Waals surface area contributed by atoms with Crippen molar-refractivity contribution in [1.29, 1.82) is 0 Å². The molecule has 1 aliphatic rings. The van der Waals surface area contributed by atoms with E-state index in [0.29, 0.717) is 0 Å². The second-order valence-corrected chi connectivity index (χ2v) is 16.4. The van der Waals surface area contributed by atoms with Crippen LogP contribution in [0.1, 0.15) is 25.0 Å². The Balaban J connectivity index is 1.08. The van der Waals surface area contributed by atoms with E-state index in [1.807, 2.05) is 11.3 Å². The normalized spacial score (nSPS) is 13.1. The lowest BCUT2D eigenvalue weighted by atomic mass is 9.82. The van der Waals surface area contributed by atoms with Crippen molar-refractivity contribution in [3.05, 3.63) is 199 Å². The molecule has 0 fully saturated rings. The molecule has 0 saturated heterocycles. The molecule has 0 unspecified atom stereocenters. The third kappa shape index (κ3) is 4.99. The average Bonchev–Trinajstić information content (AvgIpc) is 3.74. The third-order valence-corrected chi connectivity index (χ3v) is 13.0. The molecule has 1 aliphatic carbocycles. The van der Waals surface area contributed by atoms with E-state index in [9.17, 15) is 0 Å². The summed E-state index contributed by atoms with van der Waals surface area (Å²) in [7, 11) is 0. The standard InChI is InChI=1S/C53H37NS/c1-53(2)46-18-9-7-16-43(46)51-47(53)19-11-20-48(51)54(40-28-24-35(25-29-40)38-23-22-34-12-3-4-13-37(34)32-38)41-30-26-36(27-31-41)45-33-39-14-5-6-15-42(39)50-44-17-8-10-21-49(44)55-52(45)50/h3-33H,1-2H3. The van der Waals surface area contributed by atoms with E-state index in [4.69, 9.17) is 0 Å². The molecule has 0 amide bonds. The molecule has 2 heteroatoms. The van der Waals surface area contributed by atoms with E-state index in [0.717, 1.165) is 11.4 Å². The number of hydrogen-bond donors (Lipinski definition) is 0. The molecule has 0 bridgehead atoms. The van der Waals surface area contributed by atoms with Crippen LogP contribution in [0.3, 0.4) is 0 Å². The summed E-state index contributed by atoms with van der Waals surface area (Å²) in [4.78, 5) is 2.46. The SMILES string of the molecule is CC1(C)c2ccccc2-c2c(N(c3ccc(-c4ccc5ccccc5c4)cc3)c3ccc(-c4cc5ccccc5c5c4sc4ccccc45)cc3)cccc21. The maximum Gasteiger partial charge on any atom is 0.0543 e. The number of anilines is 3. The molecule has 1 nitrogen and oxygen atoms in total. The second-order valence-electron chi connectivity index (χ2n) is 15.3.